The number of nitrogens with zero attached hydrogens (tertiary/aromatic N) is 1. The average Bonchev–Trinajstić information content (AvgIpc) is 2.45. The number of anilines is 1. The number of para-hydroxylation sites is 1. The zero-order valence-electron chi connectivity index (χ0n) is 8.56. The zero-order chi connectivity index (χ0) is 11.9. The van der Waals surface area contributed by atoms with Crippen molar-refractivity contribution in [1.82, 2.24) is 0 Å². The highest BCUT2D eigenvalue weighted by Gasteiger charge is 2.37. The van der Waals surface area contributed by atoms with Crippen LogP contribution in [0, 0.1) is 6.92 Å². The lowest BCUT2D eigenvalue weighted by molar-refractivity contribution is -0.136. The molecule has 0 bridgehead atoms. The number of ketones is 1. The molecule has 0 fully saturated rings. The van der Waals surface area contributed by atoms with Crippen molar-refractivity contribution in [2.75, 3.05) is 11.4 Å². The summed E-state index contributed by atoms with van der Waals surface area (Å²) < 4.78 is 0. The molecule has 0 radical (unpaired) electrons. The lowest BCUT2D eigenvalue weighted by atomic mass is 10.1. The predicted molar refractivity (Wildman–Crippen MR) is 55.5 cm³/mol. The highest BCUT2D eigenvalue weighted by Crippen LogP contribution is 2.31. The van der Waals surface area contributed by atoms with Gasteiger partial charge in [0, 0.05) is 0 Å². The number of aryl methyl sites for hydroxylation is 1. The van der Waals surface area contributed by atoms with Gasteiger partial charge < -0.3 is 5.11 Å². The Morgan fingerprint density at radius 2 is 2.06 bits per heavy atom. The summed E-state index contributed by atoms with van der Waals surface area (Å²) in [6.45, 7) is 1.25. The highest BCUT2D eigenvalue weighted by molar-refractivity contribution is 6.52. The van der Waals surface area contributed by atoms with Crippen LogP contribution in [0.5, 0.6) is 0 Å². The summed E-state index contributed by atoms with van der Waals surface area (Å²) in [6, 6.07) is 4.94. The van der Waals surface area contributed by atoms with Gasteiger partial charge in [-0.15, -0.1) is 0 Å². The van der Waals surface area contributed by atoms with E-state index in [1.807, 2.05) is 0 Å². The van der Waals surface area contributed by atoms with Crippen LogP contribution in [0.15, 0.2) is 18.2 Å². The van der Waals surface area contributed by atoms with Crippen LogP contribution in [-0.4, -0.2) is 29.3 Å². The van der Waals surface area contributed by atoms with Gasteiger partial charge in [0.25, 0.3) is 11.7 Å². The van der Waals surface area contributed by atoms with E-state index >= 15 is 0 Å². The van der Waals surface area contributed by atoms with Gasteiger partial charge in [-0.1, -0.05) is 12.1 Å². The van der Waals surface area contributed by atoms with E-state index in [2.05, 4.69) is 0 Å². The largest absolute Gasteiger partial charge is 0.480 e. The predicted octanol–water partition coefficient (Wildman–Crippen LogP) is 0.609. The topological polar surface area (TPSA) is 74.7 Å². The molecule has 1 amide bonds. The molecule has 2 rings (SSSR count). The van der Waals surface area contributed by atoms with Crippen molar-refractivity contribution in [3.8, 4) is 0 Å². The first-order valence-corrected chi connectivity index (χ1v) is 4.70. The van der Waals surface area contributed by atoms with Crippen LogP contribution < -0.4 is 4.90 Å². The van der Waals surface area contributed by atoms with E-state index in [0.29, 0.717) is 5.69 Å². The van der Waals surface area contributed by atoms with E-state index in [1.54, 1.807) is 19.1 Å². The second-order valence-corrected chi connectivity index (χ2v) is 3.59. The number of carboxylic acids is 1. The quantitative estimate of drug-likeness (QED) is 0.739. The zero-order valence-corrected chi connectivity index (χ0v) is 8.56. The molecule has 0 spiro atoms. The van der Waals surface area contributed by atoms with E-state index in [0.717, 1.165) is 10.5 Å². The van der Waals surface area contributed by atoms with Crippen molar-refractivity contribution in [1.29, 1.82) is 0 Å². The third-order valence-electron chi connectivity index (χ3n) is 2.49. The van der Waals surface area contributed by atoms with Crippen LogP contribution in [0.3, 0.4) is 0 Å². The van der Waals surface area contributed by atoms with Crippen LogP contribution in [-0.2, 0) is 9.59 Å². The van der Waals surface area contributed by atoms with Gasteiger partial charge in [-0.25, -0.2) is 0 Å². The Balaban J connectivity index is 2.56. The molecule has 1 heterocycles. The standard InChI is InChI=1S/C11H9NO4/c1-6-3-2-4-7-9(6)12(5-8(13)14)11(16)10(7)15/h2-4H,5H2,1H3,(H,13,14). The molecule has 0 aliphatic carbocycles. The Labute approximate surface area is 91.3 Å². The van der Waals surface area contributed by atoms with Crippen molar-refractivity contribution < 1.29 is 19.5 Å². The summed E-state index contributed by atoms with van der Waals surface area (Å²) in [5.74, 6) is -2.55. The summed E-state index contributed by atoms with van der Waals surface area (Å²) in [4.78, 5) is 34.8. The molecule has 0 saturated carbocycles. The fourth-order valence-corrected chi connectivity index (χ4v) is 1.83. The van der Waals surface area contributed by atoms with Gasteiger partial charge in [-0.05, 0) is 18.6 Å². The number of hydrogen-bond acceptors (Lipinski definition) is 3. The van der Waals surface area contributed by atoms with Gasteiger partial charge in [0.2, 0.25) is 0 Å². The molecular weight excluding hydrogens is 210 g/mol. The molecule has 0 atom stereocenters. The molecule has 5 nitrogen and oxygen atoms in total. The van der Waals surface area contributed by atoms with Gasteiger partial charge in [0.15, 0.2) is 0 Å². The van der Waals surface area contributed by atoms with Crippen LogP contribution in [0.4, 0.5) is 5.69 Å². The maximum atomic E-state index is 11.6. The lowest BCUT2D eigenvalue weighted by Crippen LogP contribution is -2.34. The van der Waals surface area contributed by atoms with Gasteiger partial charge in [0.05, 0.1) is 11.3 Å². The smallest absolute Gasteiger partial charge is 0.323 e. The fraction of sp³-hybridized carbons (Fsp3) is 0.182. The first-order chi connectivity index (χ1) is 7.52. The van der Waals surface area contributed by atoms with Crippen LogP contribution in [0.1, 0.15) is 15.9 Å². The number of carboxylic acid groups (broad SMARTS) is 1. The second-order valence-electron chi connectivity index (χ2n) is 3.59. The molecule has 1 aliphatic rings. The molecule has 1 aromatic carbocycles. The number of Topliss-reactive ketones (excluding diaryl/α,β-unsaturated/α-hetero) is 1. The molecule has 0 aromatic heterocycles. The first kappa shape index (κ1) is 10.4. The maximum Gasteiger partial charge on any atom is 0.323 e. The summed E-state index contributed by atoms with van der Waals surface area (Å²) >= 11 is 0. The van der Waals surface area contributed by atoms with E-state index in [4.69, 9.17) is 5.11 Å². The van der Waals surface area contributed by atoms with Crippen LogP contribution in [0.2, 0.25) is 0 Å². The minimum atomic E-state index is -1.14. The van der Waals surface area contributed by atoms with Crippen molar-refractivity contribution in [3.05, 3.63) is 29.3 Å². The van der Waals surface area contributed by atoms with Gasteiger partial charge >= 0.3 is 5.97 Å². The lowest BCUT2D eigenvalue weighted by Gasteiger charge is -2.15. The van der Waals surface area contributed by atoms with E-state index in [-0.39, 0.29) is 5.56 Å². The number of carbonyl (C=O) groups excluding carboxylic acids is 2. The third kappa shape index (κ3) is 1.37. The molecule has 5 heteroatoms. The SMILES string of the molecule is Cc1cccc2c1N(CC(=O)O)C(=O)C2=O. The molecule has 1 N–H and O–H groups in total. The Kier molecular flexibility index (Phi) is 2.23. The maximum absolute atomic E-state index is 11.6. The fourth-order valence-electron chi connectivity index (χ4n) is 1.83. The average molecular weight is 219 g/mol. The van der Waals surface area contributed by atoms with Gasteiger partial charge in [-0.2, -0.15) is 0 Å². The molecule has 82 valence electrons. The van der Waals surface area contributed by atoms with E-state index in [9.17, 15) is 14.4 Å². The van der Waals surface area contributed by atoms with Crippen LogP contribution in [0.25, 0.3) is 0 Å². The van der Waals surface area contributed by atoms with Gasteiger partial charge in [0.1, 0.15) is 6.54 Å². The Bertz CT molecular complexity index is 507. The van der Waals surface area contributed by atoms with Crippen molar-refractivity contribution >= 4 is 23.3 Å². The minimum absolute atomic E-state index is 0.284. The summed E-state index contributed by atoms with van der Waals surface area (Å²) in [5, 5.41) is 8.69. The molecule has 16 heavy (non-hydrogen) atoms. The van der Waals surface area contributed by atoms with E-state index in [1.165, 1.54) is 6.07 Å². The molecular formula is C11H9NO4. The summed E-state index contributed by atoms with van der Waals surface area (Å²) in [6.07, 6.45) is 0. The first-order valence-electron chi connectivity index (χ1n) is 4.70. The normalized spacial score (nSPS) is 14.2. The number of hydrogen-bond donors (Lipinski definition) is 1. The molecule has 1 aliphatic heterocycles. The number of rotatable bonds is 2. The monoisotopic (exact) mass is 219 g/mol. The Hall–Kier alpha value is -2.17. The number of aliphatic carboxylic acids is 1. The second kappa shape index (κ2) is 3.44. The third-order valence-corrected chi connectivity index (χ3v) is 2.49. The number of benzene rings is 1. The Morgan fingerprint density at radius 1 is 1.38 bits per heavy atom. The summed E-state index contributed by atoms with van der Waals surface area (Å²) in [5.41, 5.74) is 1.42. The number of fused-ring (bicyclic) bond motifs is 1. The minimum Gasteiger partial charge on any atom is -0.480 e. The van der Waals surface area contributed by atoms with Crippen LogP contribution >= 0.6 is 0 Å². The van der Waals surface area contributed by atoms with E-state index < -0.39 is 24.2 Å². The van der Waals surface area contributed by atoms with Gasteiger partial charge in [-0.3, -0.25) is 19.3 Å². The highest BCUT2D eigenvalue weighted by atomic mass is 16.4. The molecule has 0 saturated heterocycles. The Morgan fingerprint density at radius 3 is 2.69 bits per heavy atom. The van der Waals surface area contributed by atoms with Crippen molar-refractivity contribution in [3.63, 3.8) is 0 Å². The van der Waals surface area contributed by atoms with Crippen molar-refractivity contribution in [2.24, 2.45) is 0 Å². The molecule has 0 unspecified atom stereocenters. The summed E-state index contributed by atoms with van der Waals surface area (Å²) in [7, 11) is 0. The number of amides is 1. The molecule has 1 aromatic rings. The number of carbonyl (C=O) groups is 3. The van der Waals surface area contributed by atoms with Crippen molar-refractivity contribution in [2.45, 2.75) is 6.92 Å².